The molecule has 0 atom stereocenters. The third-order valence-corrected chi connectivity index (χ3v) is 4.74. The number of piperidine rings is 1. The molecule has 1 saturated heterocycles. The monoisotopic (exact) mass is 342 g/mol. The van der Waals surface area contributed by atoms with E-state index >= 15 is 0 Å². The molecule has 3 rings (SSSR count). The van der Waals surface area contributed by atoms with Gasteiger partial charge in [-0.3, -0.25) is 4.90 Å². The summed E-state index contributed by atoms with van der Waals surface area (Å²) in [5, 5.41) is 23.3. The lowest BCUT2D eigenvalue weighted by Crippen LogP contribution is -2.35. The summed E-state index contributed by atoms with van der Waals surface area (Å²) in [7, 11) is 1.55. The van der Waals surface area contributed by atoms with Gasteiger partial charge < -0.3 is 20.3 Å². The van der Waals surface area contributed by atoms with Crippen molar-refractivity contribution in [3.63, 3.8) is 0 Å². The number of nitrogens with one attached hydrogen (secondary N) is 1. The van der Waals surface area contributed by atoms with Crippen LogP contribution in [0.4, 0.5) is 5.69 Å². The lowest BCUT2D eigenvalue weighted by molar-refractivity contribution is 0.0793. The van der Waals surface area contributed by atoms with Crippen molar-refractivity contribution in [2.24, 2.45) is 0 Å². The van der Waals surface area contributed by atoms with Gasteiger partial charge >= 0.3 is 0 Å². The molecule has 1 heterocycles. The van der Waals surface area contributed by atoms with Crippen molar-refractivity contribution in [2.45, 2.75) is 32.0 Å². The number of likely N-dealkylation sites (tertiary alicyclic amines) is 1. The molecule has 0 spiro atoms. The maximum Gasteiger partial charge on any atom is 0.162 e. The first-order valence-electron chi connectivity index (χ1n) is 8.74. The quantitative estimate of drug-likeness (QED) is 0.753. The molecule has 134 valence electrons. The minimum absolute atomic E-state index is 0.152. The zero-order valence-electron chi connectivity index (χ0n) is 14.6. The van der Waals surface area contributed by atoms with E-state index < -0.39 is 0 Å². The number of benzene rings is 2. The summed E-state index contributed by atoms with van der Waals surface area (Å²) >= 11 is 0. The van der Waals surface area contributed by atoms with Gasteiger partial charge in [-0.25, -0.2) is 0 Å². The molecule has 0 aliphatic carbocycles. The first-order valence-corrected chi connectivity index (χ1v) is 8.74. The van der Waals surface area contributed by atoms with Gasteiger partial charge in [0, 0.05) is 37.4 Å². The average molecular weight is 342 g/mol. The number of nitrogens with zero attached hydrogens (tertiary/aromatic N) is 1. The molecule has 1 aliphatic rings. The summed E-state index contributed by atoms with van der Waals surface area (Å²) < 4.78 is 5.17. The number of anilines is 1. The number of hydrogen-bond acceptors (Lipinski definition) is 5. The van der Waals surface area contributed by atoms with E-state index in [1.54, 1.807) is 13.2 Å². The molecule has 0 radical (unpaired) electrons. The summed E-state index contributed by atoms with van der Waals surface area (Å²) in [6.45, 7) is 3.23. The Labute approximate surface area is 148 Å². The highest BCUT2D eigenvalue weighted by Gasteiger charge is 2.18. The zero-order chi connectivity index (χ0) is 17.6. The number of aliphatic hydroxyl groups is 1. The predicted octanol–water partition coefficient (Wildman–Crippen LogP) is 2.97. The SMILES string of the molecule is COc1cccc(CNc2ccccc2CN2CCC(O)CC2)c1O. The Morgan fingerprint density at radius 3 is 2.56 bits per heavy atom. The van der Waals surface area contributed by atoms with E-state index in [9.17, 15) is 10.2 Å². The second-order valence-electron chi connectivity index (χ2n) is 6.49. The number of aliphatic hydroxyl groups excluding tert-OH is 1. The lowest BCUT2D eigenvalue weighted by Gasteiger charge is -2.30. The van der Waals surface area contributed by atoms with E-state index in [4.69, 9.17) is 4.74 Å². The Kier molecular flexibility index (Phi) is 5.79. The second kappa shape index (κ2) is 8.23. The molecule has 5 nitrogen and oxygen atoms in total. The highest BCUT2D eigenvalue weighted by atomic mass is 16.5. The summed E-state index contributed by atoms with van der Waals surface area (Å²) in [6.07, 6.45) is 1.53. The maximum absolute atomic E-state index is 10.2. The molecular weight excluding hydrogens is 316 g/mol. The van der Waals surface area contributed by atoms with Gasteiger partial charge in [0.2, 0.25) is 0 Å². The van der Waals surface area contributed by atoms with Crippen molar-refractivity contribution in [3.8, 4) is 11.5 Å². The molecular formula is C20H26N2O3. The Bertz CT molecular complexity index is 697. The Balaban J connectivity index is 1.67. The molecule has 25 heavy (non-hydrogen) atoms. The summed E-state index contributed by atoms with van der Waals surface area (Å²) in [4.78, 5) is 2.37. The van der Waals surface area contributed by atoms with Gasteiger partial charge in [-0.15, -0.1) is 0 Å². The first-order chi connectivity index (χ1) is 12.2. The summed E-state index contributed by atoms with van der Waals surface area (Å²) in [5.41, 5.74) is 3.09. The van der Waals surface area contributed by atoms with Crippen molar-refractivity contribution in [3.05, 3.63) is 53.6 Å². The average Bonchev–Trinajstić information content (AvgIpc) is 2.64. The number of phenolic OH excluding ortho intramolecular Hbond substituents is 1. The second-order valence-corrected chi connectivity index (χ2v) is 6.49. The van der Waals surface area contributed by atoms with Crippen molar-refractivity contribution in [1.29, 1.82) is 0 Å². The van der Waals surface area contributed by atoms with Gasteiger partial charge in [0.25, 0.3) is 0 Å². The van der Waals surface area contributed by atoms with Crippen LogP contribution < -0.4 is 10.1 Å². The van der Waals surface area contributed by atoms with E-state index in [1.807, 2.05) is 24.3 Å². The number of phenols is 1. The van der Waals surface area contributed by atoms with Crippen LogP contribution in [0.3, 0.4) is 0 Å². The van der Waals surface area contributed by atoms with Crippen LogP contribution in [0, 0.1) is 0 Å². The van der Waals surface area contributed by atoms with Crippen LogP contribution in [0.1, 0.15) is 24.0 Å². The van der Waals surface area contributed by atoms with Crippen LogP contribution >= 0.6 is 0 Å². The van der Waals surface area contributed by atoms with Crippen LogP contribution in [0.25, 0.3) is 0 Å². The molecule has 0 saturated carbocycles. The van der Waals surface area contributed by atoms with E-state index in [1.165, 1.54) is 5.56 Å². The van der Waals surface area contributed by atoms with Crippen molar-refractivity contribution in [1.82, 2.24) is 4.90 Å². The minimum atomic E-state index is -0.152. The molecule has 0 unspecified atom stereocenters. The van der Waals surface area contributed by atoms with Gasteiger partial charge in [0.15, 0.2) is 11.5 Å². The Morgan fingerprint density at radius 1 is 1.08 bits per heavy atom. The smallest absolute Gasteiger partial charge is 0.162 e. The minimum Gasteiger partial charge on any atom is -0.504 e. The predicted molar refractivity (Wildman–Crippen MR) is 98.9 cm³/mol. The number of methoxy groups -OCH3 is 1. The molecule has 0 amide bonds. The third-order valence-electron chi connectivity index (χ3n) is 4.74. The Morgan fingerprint density at radius 2 is 1.80 bits per heavy atom. The van der Waals surface area contributed by atoms with E-state index in [-0.39, 0.29) is 11.9 Å². The van der Waals surface area contributed by atoms with Crippen LogP contribution in [-0.2, 0) is 13.1 Å². The van der Waals surface area contributed by atoms with Crippen LogP contribution in [0.15, 0.2) is 42.5 Å². The number of ether oxygens (including phenoxy) is 1. The summed E-state index contributed by atoms with van der Waals surface area (Å²) in [5.74, 6) is 0.666. The van der Waals surface area contributed by atoms with Crippen molar-refractivity contribution in [2.75, 3.05) is 25.5 Å². The molecule has 0 aromatic heterocycles. The van der Waals surface area contributed by atoms with Crippen molar-refractivity contribution >= 4 is 5.69 Å². The lowest BCUT2D eigenvalue weighted by atomic mass is 10.1. The van der Waals surface area contributed by atoms with Crippen molar-refractivity contribution < 1.29 is 14.9 Å². The fraction of sp³-hybridized carbons (Fsp3) is 0.400. The molecule has 2 aromatic rings. The fourth-order valence-corrected chi connectivity index (χ4v) is 3.21. The van der Waals surface area contributed by atoms with Gasteiger partial charge in [-0.1, -0.05) is 30.3 Å². The van der Waals surface area contributed by atoms with Gasteiger partial charge in [0.05, 0.1) is 13.2 Å². The number of para-hydroxylation sites is 2. The fourth-order valence-electron chi connectivity index (χ4n) is 3.21. The van der Waals surface area contributed by atoms with Gasteiger partial charge in [0.1, 0.15) is 0 Å². The highest BCUT2D eigenvalue weighted by molar-refractivity contribution is 5.53. The number of hydrogen-bond donors (Lipinski definition) is 3. The topological polar surface area (TPSA) is 65.0 Å². The molecule has 5 heteroatoms. The summed E-state index contributed by atoms with van der Waals surface area (Å²) in [6, 6.07) is 13.8. The van der Waals surface area contributed by atoms with E-state index in [2.05, 4.69) is 22.3 Å². The molecule has 1 aliphatic heterocycles. The molecule has 1 fully saturated rings. The zero-order valence-corrected chi connectivity index (χ0v) is 14.6. The highest BCUT2D eigenvalue weighted by Crippen LogP contribution is 2.30. The number of rotatable bonds is 6. The van der Waals surface area contributed by atoms with E-state index in [0.717, 1.165) is 43.7 Å². The van der Waals surface area contributed by atoms with Crippen LogP contribution in [0.5, 0.6) is 11.5 Å². The van der Waals surface area contributed by atoms with Crippen LogP contribution in [-0.4, -0.2) is 41.4 Å². The standard InChI is InChI=1S/C20H26N2O3/c1-25-19-8-4-6-15(20(19)24)13-21-18-7-3-2-5-16(18)14-22-11-9-17(23)10-12-22/h2-8,17,21,23-24H,9-14H2,1H3. The normalized spacial score (nSPS) is 15.9. The molecule has 2 aromatic carbocycles. The first kappa shape index (κ1) is 17.6. The molecule has 0 bridgehead atoms. The van der Waals surface area contributed by atoms with Gasteiger partial charge in [-0.05, 0) is 30.5 Å². The largest absolute Gasteiger partial charge is 0.504 e. The third kappa shape index (κ3) is 4.44. The maximum atomic E-state index is 10.2. The molecule has 3 N–H and O–H groups in total. The van der Waals surface area contributed by atoms with Crippen LogP contribution in [0.2, 0.25) is 0 Å². The van der Waals surface area contributed by atoms with E-state index in [0.29, 0.717) is 12.3 Å². The van der Waals surface area contributed by atoms with Gasteiger partial charge in [-0.2, -0.15) is 0 Å². The Hall–Kier alpha value is -2.24. The number of aromatic hydroxyl groups is 1.